The number of nitrogens with zero attached hydrogens (tertiary/aromatic N) is 2. The van der Waals surface area contributed by atoms with Gasteiger partial charge in [-0.25, -0.2) is 9.48 Å². The quantitative estimate of drug-likeness (QED) is 0.433. The van der Waals surface area contributed by atoms with Crippen molar-refractivity contribution in [3.63, 3.8) is 0 Å². The predicted molar refractivity (Wildman–Crippen MR) is 103 cm³/mol. The summed E-state index contributed by atoms with van der Waals surface area (Å²) in [6.07, 6.45) is 2.20. The number of benzene rings is 2. The fourth-order valence-corrected chi connectivity index (χ4v) is 3.14. The van der Waals surface area contributed by atoms with Gasteiger partial charge >= 0.3 is 5.63 Å². The first-order valence-corrected chi connectivity index (χ1v) is 8.48. The van der Waals surface area contributed by atoms with Gasteiger partial charge in [-0.15, -0.1) is 0 Å². The number of aromatic hydroxyl groups is 1. The molecule has 7 nitrogen and oxygen atoms in total. The van der Waals surface area contributed by atoms with E-state index in [1.54, 1.807) is 50.6 Å². The Morgan fingerprint density at radius 1 is 1.18 bits per heavy atom. The van der Waals surface area contributed by atoms with E-state index in [-0.39, 0.29) is 28.2 Å². The molecule has 0 radical (unpaired) electrons. The first-order chi connectivity index (χ1) is 13.5. The Bertz CT molecular complexity index is 1250. The van der Waals surface area contributed by atoms with Crippen molar-refractivity contribution in [2.45, 2.75) is 6.92 Å². The second-order valence-corrected chi connectivity index (χ2v) is 6.28. The maximum atomic E-state index is 11.9. The van der Waals surface area contributed by atoms with Gasteiger partial charge in [0, 0.05) is 17.6 Å². The number of methoxy groups -OCH3 is 1. The minimum absolute atomic E-state index is 0.135. The minimum Gasteiger partial charge on any atom is -0.507 e. The fraction of sp³-hybridized carbons (Fsp3) is 0.0952. The van der Waals surface area contributed by atoms with Gasteiger partial charge in [0.1, 0.15) is 17.2 Å². The van der Waals surface area contributed by atoms with Crippen molar-refractivity contribution in [1.29, 1.82) is 0 Å². The maximum absolute atomic E-state index is 11.9. The van der Waals surface area contributed by atoms with Crippen LogP contribution in [0.2, 0.25) is 0 Å². The maximum Gasteiger partial charge on any atom is 0.336 e. The van der Waals surface area contributed by atoms with E-state index in [1.807, 2.05) is 0 Å². The average Bonchev–Trinajstić information content (AvgIpc) is 3.11. The van der Waals surface area contributed by atoms with E-state index in [0.717, 1.165) is 0 Å². The summed E-state index contributed by atoms with van der Waals surface area (Å²) in [7, 11) is 1.57. The van der Waals surface area contributed by atoms with Crippen molar-refractivity contribution >= 4 is 17.3 Å². The van der Waals surface area contributed by atoms with Crippen LogP contribution in [0.5, 0.6) is 11.5 Å². The van der Waals surface area contributed by atoms with Gasteiger partial charge in [-0.05, 0) is 48.9 Å². The monoisotopic (exact) mass is 376 g/mol. The molecule has 0 aliphatic heterocycles. The first kappa shape index (κ1) is 17.5. The molecule has 7 heteroatoms. The lowest BCUT2D eigenvalue weighted by Gasteiger charge is -2.08. The molecule has 0 spiro atoms. The molecule has 2 aromatic heterocycles. The molecule has 4 rings (SSSR count). The summed E-state index contributed by atoms with van der Waals surface area (Å²) in [5, 5.41) is 15.6. The van der Waals surface area contributed by atoms with Crippen LogP contribution in [0.15, 0.2) is 57.9 Å². The number of carbonyl (C=O) groups is 1. The molecular formula is C21H16N2O5. The number of phenols is 1. The third-order valence-electron chi connectivity index (χ3n) is 4.54. The van der Waals surface area contributed by atoms with Crippen LogP contribution in [-0.2, 0) is 0 Å². The van der Waals surface area contributed by atoms with E-state index in [9.17, 15) is 14.7 Å². The molecule has 0 saturated heterocycles. The van der Waals surface area contributed by atoms with Crippen molar-refractivity contribution < 1.29 is 19.1 Å². The lowest BCUT2D eigenvalue weighted by atomic mass is 10.0. The van der Waals surface area contributed by atoms with Crippen molar-refractivity contribution in [2.24, 2.45) is 0 Å². The third kappa shape index (κ3) is 2.83. The van der Waals surface area contributed by atoms with Gasteiger partial charge in [0.2, 0.25) is 0 Å². The van der Waals surface area contributed by atoms with Crippen LogP contribution in [0.1, 0.15) is 15.9 Å². The molecule has 0 aliphatic rings. The zero-order valence-corrected chi connectivity index (χ0v) is 15.2. The number of aldehydes is 1. The number of carbonyl (C=O) groups excluding carboxylic acids is 1. The Kier molecular flexibility index (Phi) is 4.19. The molecule has 4 aromatic rings. The van der Waals surface area contributed by atoms with E-state index in [2.05, 4.69) is 5.10 Å². The van der Waals surface area contributed by atoms with Crippen LogP contribution >= 0.6 is 0 Å². The molecule has 1 N–H and O–H groups in total. The highest BCUT2D eigenvalue weighted by molar-refractivity contribution is 6.00. The summed E-state index contributed by atoms with van der Waals surface area (Å²) in [6.45, 7) is 1.77. The fourth-order valence-electron chi connectivity index (χ4n) is 3.14. The number of rotatable bonds is 4. The number of hydrogen-bond donors (Lipinski definition) is 1. The number of aromatic nitrogens is 2. The van der Waals surface area contributed by atoms with Gasteiger partial charge in [0.25, 0.3) is 0 Å². The van der Waals surface area contributed by atoms with Crippen LogP contribution in [0.25, 0.3) is 27.9 Å². The summed E-state index contributed by atoms with van der Waals surface area (Å²) >= 11 is 0. The Morgan fingerprint density at radius 2 is 1.93 bits per heavy atom. The van der Waals surface area contributed by atoms with Gasteiger partial charge in [-0.3, -0.25) is 4.79 Å². The lowest BCUT2D eigenvalue weighted by Crippen LogP contribution is -2.00. The molecule has 2 aromatic carbocycles. The van der Waals surface area contributed by atoms with Gasteiger partial charge < -0.3 is 14.3 Å². The molecule has 0 bridgehead atoms. The standard InChI is InChI=1S/C21H16N2O5/c1-12-9-18(26)28-21-16(12)7-8-17(25)19(21)20-13(11-24)10-23(22-20)14-3-5-15(27-2)6-4-14/h3-11,25H,1-2H3. The summed E-state index contributed by atoms with van der Waals surface area (Å²) in [5.41, 5.74) is 1.73. The zero-order valence-electron chi connectivity index (χ0n) is 15.2. The Morgan fingerprint density at radius 3 is 2.61 bits per heavy atom. The van der Waals surface area contributed by atoms with Crippen LogP contribution in [0, 0.1) is 6.92 Å². The Balaban J connectivity index is 1.97. The SMILES string of the molecule is COc1ccc(-n2cc(C=O)c(-c3c(O)ccc4c(C)cc(=O)oc34)n2)cc1. The van der Waals surface area contributed by atoms with Crippen molar-refractivity contribution in [2.75, 3.05) is 7.11 Å². The minimum atomic E-state index is -0.543. The molecule has 140 valence electrons. The number of phenolic OH excluding ortho intramolecular Hbond substituents is 1. The lowest BCUT2D eigenvalue weighted by molar-refractivity contribution is 0.112. The Labute approximate surface area is 159 Å². The number of fused-ring (bicyclic) bond motifs is 1. The van der Waals surface area contributed by atoms with Gasteiger partial charge in [0.05, 0.1) is 23.9 Å². The second-order valence-electron chi connectivity index (χ2n) is 6.28. The second kappa shape index (κ2) is 6.70. The molecule has 0 fully saturated rings. The summed E-state index contributed by atoms with van der Waals surface area (Å²) < 4.78 is 12.0. The van der Waals surface area contributed by atoms with E-state index >= 15 is 0 Å². The molecule has 0 unspecified atom stereocenters. The third-order valence-corrected chi connectivity index (χ3v) is 4.54. The molecular weight excluding hydrogens is 360 g/mol. The predicted octanol–water partition coefficient (Wildman–Crippen LogP) is 3.48. The van der Waals surface area contributed by atoms with Gasteiger partial charge in [-0.2, -0.15) is 5.10 Å². The molecule has 0 atom stereocenters. The van der Waals surface area contributed by atoms with Crippen molar-refractivity contribution in [1.82, 2.24) is 9.78 Å². The highest BCUT2D eigenvalue weighted by Gasteiger charge is 2.20. The summed E-state index contributed by atoms with van der Waals surface area (Å²) in [4.78, 5) is 23.6. The highest BCUT2D eigenvalue weighted by Crippen LogP contribution is 2.37. The van der Waals surface area contributed by atoms with E-state index < -0.39 is 5.63 Å². The van der Waals surface area contributed by atoms with Crippen LogP contribution in [-0.4, -0.2) is 28.3 Å². The average molecular weight is 376 g/mol. The molecule has 0 amide bonds. The molecule has 0 saturated carbocycles. The largest absolute Gasteiger partial charge is 0.507 e. The zero-order chi connectivity index (χ0) is 19.8. The molecule has 0 aliphatic carbocycles. The number of aryl methyl sites for hydroxylation is 1. The normalized spacial score (nSPS) is 10.9. The Hall–Kier alpha value is -3.87. The summed E-state index contributed by atoms with van der Waals surface area (Å²) in [5.74, 6) is 0.556. The van der Waals surface area contributed by atoms with Crippen LogP contribution in [0.3, 0.4) is 0 Å². The topological polar surface area (TPSA) is 94.6 Å². The van der Waals surface area contributed by atoms with Gasteiger partial charge in [0.15, 0.2) is 11.9 Å². The van der Waals surface area contributed by atoms with Crippen molar-refractivity contribution in [3.05, 3.63) is 70.2 Å². The smallest absolute Gasteiger partial charge is 0.336 e. The van der Waals surface area contributed by atoms with Crippen LogP contribution < -0.4 is 10.4 Å². The van der Waals surface area contributed by atoms with E-state index in [4.69, 9.17) is 9.15 Å². The van der Waals surface area contributed by atoms with E-state index in [1.165, 1.54) is 16.8 Å². The van der Waals surface area contributed by atoms with Crippen LogP contribution in [0.4, 0.5) is 0 Å². The number of ether oxygens (including phenoxy) is 1. The highest BCUT2D eigenvalue weighted by atomic mass is 16.5. The van der Waals surface area contributed by atoms with E-state index in [0.29, 0.717) is 28.7 Å². The summed E-state index contributed by atoms with van der Waals surface area (Å²) in [6, 6.07) is 11.7. The van der Waals surface area contributed by atoms with Gasteiger partial charge in [-0.1, -0.05) is 0 Å². The molecule has 28 heavy (non-hydrogen) atoms. The first-order valence-electron chi connectivity index (χ1n) is 8.48. The molecule has 2 heterocycles. The van der Waals surface area contributed by atoms with Crippen molar-refractivity contribution in [3.8, 4) is 28.4 Å². The number of hydrogen-bond acceptors (Lipinski definition) is 6.